The summed E-state index contributed by atoms with van der Waals surface area (Å²) in [5.74, 6) is -0.737. The molecule has 0 radical (unpaired) electrons. The molecule has 0 fully saturated rings. The van der Waals surface area contributed by atoms with Crippen LogP contribution < -0.4 is 4.74 Å². The molecule has 0 aliphatic rings. The Morgan fingerprint density at radius 1 is 1.50 bits per heavy atom. The van der Waals surface area contributed by atoms with Gasteiger partial charge in [0.15, 0.2) is 6.61 Å². The van der Waals surface area contributed by atoms with Crippen molar-refractivity contribution in [3.63, 3.8) is 0 Å². The molecule has 0 spiro atoms. The van der Waals surface area contributed by atoms with Crippen molar-refractivity contribution in [2.24, 2.45) is 0 Å². The van der Waals surface area contributed by atoms with Crippen molar-refractivity contribution in [3.8, 4) is 5.75 Å². The van der Waals surface area contributed by atoms with Gasteiger partial charge in [0.05, 0.1) is 5.02 Å². The van der Waals surface area contributed by atoms with Crippen LogP contribution in [0, 0.1) is 0 Å². The molecule has 0 aliphatic heterocycles. The Bertz CT molecular complexity index is 339. The molecule has 0 atom stereocenters. The van der Waals surface area contributed by atoms with Crippen LogP contribution in [-0.2, 0) is 4.79 Å². The molecule has 1 aromatic carbocycles. The SMILES string of the molecule is O=C(O)COc1ccc(Cl)cc1Cl.[Ca+2].[H-].[H-]. The molecule has 14 heavy (non-hydrogen) atoms. The maximum absolute atomic E-state index is 10.2. The molecular weight excluding hydrogens is 255 g/mol. The van der Waals surface area contributed by atoms with Crippen molar-refractivity contribution < 1.29 is 17.5 Å². The molecule has 3 nitrogen and oxygen atoms in total. The van der Waals surface area contributed by atoms with Gasteiger partial charge in [-0.2, -0.15) is 0 Å². The van der Waals surface area contributed by atoms with Crippen LogP contribution in [0.1, 0.15) is 2.85 Å². The van der Waals surface area contributed by atoms with Crippen LogP contribution in [0.3, 0.4) is 0 Å². The largest absolute Gasteiger partial charge is 2.00 e. The van der Waals surface area contributed by atoms with Crippen LogP contribution in [-0.4, -0.2) is 55.4 Å². The first-order chi connectivity index (χ1) is 6.09. The molecule has 0 saturated carbocycles. The molecule has 0 saturated heterocycles. The van der Waals surface area contributed by atoms with Crippen molar-refractivity contribution in [1.82, 2.24) is 0 Å². The smallest absolute Gasteiger partial charge is 1.00 e. The fourth-order valence-electron chi connectivity index (χ4n) is 0.732. The van der Waals surface area contributed by atoms with Crippen LogP contribution in [0.2, 0.25) is 10.0 Å². The Morgan fingerprint density at radius 2 is 2.14 bits per heavy atom. The molecule has 1 N–H and O–H groups in total. The van der Waals surface area contributed by atoms with Gasteiger partial charge < -0.3 is 12.7 Å². The minimum absolute atomic E-state index is 0. The fraction of sp³-hybridized carbons (Fsp3) is 0.125. The molecule has 0 bridgehead atoms. The van der Waals surface area contributed by atoms with Gasteiger partial charge in [-0.05, 0) is 18.2 Å². The number of carboxylic acids is 1. The van der Waals surface area contributed by atoms with Gasteiger partial charge in [0, 0.05) is 5.02 Å². The van der Waals surface area contributed by atoms with E-state index < -0.39 is 12.6 Å². The number of halogens is 2. The zero-order chi connectivity index (χ0) is 9.84. The maximum atomic E-state index is 10.2. The molecule has 0 aromatic heterocycles. The summed E-state index contributed by atoms with van der Waals surface area (Å²) in [6.45, 7) is -0.415. The number of carboxylic acid groups (broad SMARTS) is 1. The average Bonchev–Trinajstić information content (AvgIpc) is 2.02. The summed E-state index contributed by atoms with van der Waals surface area (Å²) in [5, 5.41) is 9.11. The number of benzene rings is 1. The first-order valence-electron chi connectivity index (χ1n) is 3.39. The summed E-state index contributed by atoms with van der Waals surface area (Å²) in [6, 6.07) is 4.58. The van der Waals surface area contributed by atoms with E-state index in [2.05, 4.69) is 0 Å². The van der Waals surface area contributed by atoms with Crippen molar-refractivity contribution in [1.29, 1.82) is 0 Å². The van der Waals surface area contributed by atoms with Crippen LogP contribution in [0.5, 0.6) is 5.75 Å². The number of hydrogen-bond donors (Lipinski definition) is 1. The van der Waals surface area contributed by atoms with Gasteiger partial charge in [-0.3, -0.25) is 0 Å². The second-order valence-electron chi connectivity index (χ2n) is 2.26. The standard InChI is InChI=1S/C8H6Cl2O3.Ca.2H/c9-5-1-2-7(6(10)3-5)13-4-8(11)12;;;/h1-3H,4H2,(H,11,12);;;/q;+2;2*-1. The van der Waals surface area contributed by atoms with Gasteiger partial charge >= 0.3 is 43.7 Å². The summed E-state index contributed by atoms with van der Waals surface area (Å²) in [4.78, 5) is 10.2. The summed E-state index contributed by atoms with van der Waals surface area (Å²) in [7, 11) is 0. The fourth-order valence-corrected chi connectivity index (χ4v) is 1.19. The Labute approximate surface area is 124 Å². The molecule has 74 valence electrons. The van der Waals surface area contributed by atoms with E-state index in [-0.39, 0.29) is 40.6 Å². The Balaban J connectivity index is -0.000000563. The monoisotopic (exact) mass is 262 g/mol. The third-order valence-electron chi connectivity index (χ3n) is 1.25. The minimum Gasteiger partial charge on any atom is -1.00 e. The predicted octanol–water partition coefficient (Wildman–Crippen LogP) is 2.30. The Kier molecular flexibility index (Phi) is 6.91. The number of carbonyl (C=O) groups is 1. The maximum Gasteiger partial charge on any atom is 2.00 e. The van der Waals surface area contributed by atoms with Gasteiger partial charge in [0.1, 0.15) is 5.75 Å². The first kappa shape index (κ1) is 14.3. The van der Waals surface area contributed by atoms with Gasteiger partial charge in [-0.1, -0.05) is 23.2 Å². The van der Waals surface area contributed by atoms with E-state index in [9.17, 15) is 4.79 Å². The van der Waals surface area contributed by atoms with E-state index in [1.54, 1.807) is 6.07 Å². The molecule has 1 aromatic rings. The van der Waals surface area contributed by atoms with Crippen LogP contribution in [0.4, 0.5) is 0 Å². The number of rotatable bonds is 3. The number of hydrogen-bond acceptors (Lipinski definition) is 2. The van der Waals surface area contributed by atoms with Crippen LogP contribution in [0.25, 0.3) is 0 Å². The van der Waals surface area contributed by atoms with Gasteiger partial charge in [-0.25, -0.2) is 4.79 Å². The second-order valence-corrected chi connectivity index (χ2v) is 3.10. The zero-order valence-electron chi connectivity index (χ0n) is 9.17. The van der Waals surface area contributed by atoms with Gasteiger partial charge in [-0.15, -0.1) is 0 Å². The summed E-state index contributed by atoms with van der Waals surface area (Å²) in [6.07, 6.45) is 0. The summed E-state index contributed by atoms with van der Waals surface area (Å²) < 4.78 is 4.86. The Morgan fingerprint density at radius 3 is 2.64 bits per heavy atom. The molecule has 0 aliphatic carbocycles. The molecule has 0 unspecified atom stereocenters. The van der Waals surface area contributed by atoms with Crippen LogP contribution >= 0.6 is 23.2 Å². The minimum atomic E-state index is -1.05. The van der Waals surface area contributed by atoms with Gasteiger partial charge in [0.25, 0.3) is 0 Å². The molecule has 0 heterocycles. The predicted molar refractivity (Wildman–Crippen MR) is 57.6 cm³/mol. The van der Waals surface area contributed by atoms with Crippen molar-refractivity contribution in [2.75, 3.05) is 6.61 Å². The summed E-state index contributed by atoms with van der Waals surface area (Å²) in [5.41, 5.74) is 0. The zero-order valence-corrected chi connectivity index (χ0v) is 10.9. The van der Waals surface area contributed by atoms with E-state index in [4.69, 9.17) is 33.0 Å². The molecule has 1 rings (SSSR count). The van der Waals surface area contributed by atoms with E-state index >= 15 is 0 Å². The van der Waals surface area contributed by atoms with Gasteiger partial charge in [0.2, 0.25) is 0 Å². The van der Waals surface area contributed by atoms with Crippen LogP contribution in [0.15, 0.2) is 18.2 Å². The van der Waals surface area contributed by atoms with Crippen molar-refractivity contribution in [2.45, 2.75) is 0 Å². The van der Waals surface area contributed by atoms with E-state index in [0.717, 1.165) is 0 Å². The summed E-state index contributed by atoms with van der Waals surface area (Å²) >= 11 is 11.3. The molecule has 0 amide bonds. The third-order valence-corrected chi connectivity index (χ3v) is 1.78. The Hall–Kier alpha value is 0.330. The topological polar surface area (TPSA) is 46.5 Å². The second kappa shape index (κ2) is 6.75. The number of ether oxygens (including phenoxy) is 1. The van der Waals surface area contributed by atoms with Crippen molar-refractivity contribution >= 4 is 66.9 Å². The molecular formula is C8H8CaCl2O3. The quantitative estimate of drug-likeness (QED) is 0.851. The molecule has 6 heteroatoms. The average molecular weight is 263 g/mol. The third kappa shape index (κ3) is 4.71. The number of aliphatic carboxylic acids is 1. The van der Waals surface area contributed by atoms with E-state index in [1.807, 2.05) is 0 Å². The van der Waals surface area contributed by atoms with Crippen molar-refractivity contribution in [3.05, 3.63) is 28.2 Å². The normalized spacial score (nSPS) is 9.00. The van der Waals surface area contributed by atoms with E-state index in [0.29, 0.717) is 15.8 Å². The first-order valence-corrected chi connectivity index (χ1v) is 4.15. The van der Waals surface area contributed by atoms with E-state index in [1.165, 1.54) is 12.1 Å².